The van der Waals surface area contributed by atoms with E-state index in [9.17, 15) is 9.59 Å². The number of ether oxygens (including phenoxy) is 4. The van der Waals surface area contributed by atoms with E-state index in [1.54, 1.807) is 41.2 Å². The molecule has 1 rings (SSSR count). The molecule has 1 aromatic carbocycles. The molecule has 0 fully saturated rings. The summed E-state index contributed by atoms with van der Waals surface area (Å²) in [6.07, 6.45) is -0.737. The highest BCUT2D eigenvalue weighted by molar-refractivity contribution is 5.84. The number of esters is 1. The lowest BCUT2D eigenvalue weighted by Gasteiger charge is -2.23. The van der Waals surface area contributed by atoms with Crippen molar-refractivity contribution >= 4 is 11.9 Å². The van der Waals surface area contributed by atoms with E-state index in [0.717, 1.165) is 12.0 Å². The van der Waals surface area contributed by atoms with Crippen LogP contribution in [0.4, 0.5) is 0 Å². The third-order valence-electron chi connectivity index (χ3n) is 4.28. The monoisotopic (exact) mass is 395 g/mol. The first-order chi connectivity index (χ1) is 13.2. The lowest BCUT2D eigenvalue weighted by molar-refractivity contribution is -0.167. The van der Waals surface area contributed by atoms with Crippen LogP contribution in [0.15, 0.2) is 18.2 Å². The van der Waals surface area contributed by atoms with Crippen molar-refractivity contribution in [3.8, 4) is 11.5 Å². The molecule has 0 bridgehead atoms. The average molecular weight is 395 g/mol. The molecule has 1 amide bonds. The number of rotatable bonds is 11. The van der Waals surface area contributed by atoms with Crippen molar-refractivity contribution in [3.05, 3.63) is 23.8 Å². The Balaban J connectivity index is 2.58. The molecule has 1 aromatic rings. The summed E-state index contributed by atoms with van der Waals surface area (Å²) in [6, 6.07) is 5.45. The molecular weight excluding hydrogens is 362 g/mol. The molecule has 0 heterocycles. The molecular formula is C21H33NO6. The number of hydrogen-bond donors (Lipinski definition) is 0. The fourth-order valence-electron chi connectivity index (χ4n) is 2.51. The lowest BCUT2D eigenvalue weighted by Crippen LogP contribution is -2.39. The van der Waals surface area contributed by atoms with Crippen molar-refractivity contribution in [3.63, 3.8) is 0 Å². The van der Waals surface area contributed by atoms with Crippen molar-refractivity contribution in [2.45, 2.75) is 52.9 Å². The van der Waals surface area contributed by atoms with Crippen LogP contribution in [0.25, 0.3) is 0 Å². The highest BCUT2D eigenvalue weighted by Gasteiger charge is 2.25. The maximum Gasteiger partial charge on any atom is 0.335 e. The predicted molar refractivity (Wildman–Crippen MR) is 106 cm³/mol. The summed E-state index contributed by atoms with van der Waals surface area (Å²) in [7, 11) is 4.78. The topological polar surface area (TPSA) is 74.3 Å². The molecule has 0 radical (unpaired) electrons. The highest BCUT2D eigenvalue weighted by Crippen LogP contribution is 2.28. The van der Waals surface area contributed by atoms with Gasteiger partial charge in [0.1, 0.15) is 0 Å². The van der Waals surface area contributed by atoms with Crippen molar-refractivity contribution in [1.82, 2.24) is 4.90 Å². The van der Waals surface area contributed by atoms with Crippen LogP contribution in [0.3, 0.4) is 0 Å². The second-order valence-electron chi connectivity index (χ2n) is 7.16. The fraction of sp³-hybridized carbons (Fsp3) is 0.619. The molecule has 0 aliphatic rings. The molecule has 0 spiro atoms. The largest absolute Gasteiger partial charge is 0.493 e. The van der Waals surface area contributed by atoms with E-state index in [4.69, 9.17) is 18.9 Å². The van der Waals surface area contributed by atoms with Gasteiger partial charge in [0.2, 0.25) is 0 Å². The van der Waals surface area contributed by atoms with Crippen molar-refractivity contribution in [1.29, 1.82) is 0 Å². The van der Waals surface area contributed by atoms with Gasteiger partial charge in [0.25, 0.3) is 5.91 Å². The zero-order valence-electron chi connectivity index (χ0n) is 18.0. The maximum absolute atomic E-state index is 12.5. The fourth-order valence-corrected chi connectivity index (χ4v) is 2.51. The number of likely N-dealkylation sites (N-methyl/N-ethyl adjacent to an activating group) is 1. The van der Waals surface area contributed by atoms with Crippen LogP contribution < -0.4 is 9.47 Å². The smallest absolute Gasteiger partial charge is 0.335 e. The van der Waals surface area contributed by atoms with Gasteiger partial charge >= 0.3 is 5.97 Å². The third kappa shape index (κ3) is 7.38. The SMILES string of the molecule is COc1ccc(CN(C)C(=O)C(C)OC(=O)C(C)OCCC(C)C)cc1OC. The van der Waals surface area contributed by atoms with Crippen LogP contribution in [-0.2, 0) is 25.6 Å². The third-order valence-corrected chi connectivity index (χ3v) is 4.28. The van der Waals surface area contributed by atoms with E-state index >= 15 is 0 Å². The minimum Gasteiger partial charge on any atom is -0.493 e. The van der Waals surface area contributed by atoms with E-state index in [-0.39, 0.29) is 5.91 Å². The molecule has 2 atom stereocenters. The maximum atomic E-state index is 12.5. The van der Waals surface area contributed by atoms with Gasteiger partial charge in [0.05, 0.1) is 14.2 Å². The highest BCUT2D eigenvalue weighted by atomic mass is 16.6. The molecule has 2 unspecified atom stereocenters. The Morgan fingerprint density at radius 1 is 1.00 bits per heavy atom. The van der Waals surface area contributed by atoms with Gasteiger partial charge in [-0.1, -0.05) is 19.9 Å². The van der Waals surface area contributed by atoms with E-state index < -0.39 is 18.2 Å². The van der Waals surface area contributed by atoms with Gasteiger partial charge in [-0.2, -0.15) is 0 Å². The van der Waals surface area contributed by atoms with Crippen LogP contribution in [0.2, 0.25) is 0 Å². The molecule has 0 aliphatic heterocycles. The Morgan fingerprint density at radius 3 is 2.21 bits per heavy atom. The van der Waals surface area contributed by atoms with Gasteiger partial charge in [-0.25, -0.2) is 4.79 Å². The van der Waals surface area contributed by atoms with Crippen LogP contribution in [0.1, 0.15) is 39.7 Å². The molecule has 0 saturated carbocycles. The van der Waals surface area contributed by atoms with Gasteiger partial charge in [0, 0.05) is 20.2 Å². The predicted octanol–water partition coefficient (Wildman–Crippen LogP) is 3.05. The molecule has 0 N–H and O–H groups in total. The van der Waals surface area contributed by atoms with E-state index in [2.05, 4.69) is 13.8 Å². The van der Waals surface area contributed by atoms with Crippen molar-refractivity contribution in [2.24, 2.45) is 5.92 Å². The summed E-state index contributed by atoms with van der Waals surface area (Å²) in [5, 5.41) is 0. The first-order valence-electron chi connectivity index (χ1n) is 9.47. The van der Waals surface area contributed by atoms with E-state index in [1.165, 1.54) is 4.90 Å². The van der Waals surface area contributed by atoms with E-state index in [0.29, 0.717) is 30.6 Å². The number of methoxy groups -OCH3 is 2. The van der Waals surface area contributed by atoms with Crippen LogP contribution in [0, 0.1) is 5.92 Å². The van der Waals surface area contributed by atoms with Gasteiger partial charge in [-0.05, 0) is 43.9 Å². The molecule has 0 saturated heterocycles. The summed E-state index contributed by atoms with van der Waals surface area (Å²) < 4.78 is 21.2. The Hall–Kier alpha value is -2.28. The Labute approximate surface area is 167 Å². The van der Waals surface area contributed by atoms with Gasteiger partial charge < -0.3 is 23.8 Å². The van der Waals surface area contributed by atoms with Crippen LogP contribution in [0.5, 0.6) is 11.5 Å². The standard InChI is InChI=1S/C21H33NO6/c1-14(2)10-11-27-16(4)21(24)28-15(3)20(23)22(5)13-17-8-9-18(25-6)19(12-17)26-7/h8-9,12,14-16H,10-11,13H2,1-7H3. The number of hydrogen-bond acceptors (Lipinski definition) is 6. The molecule has 7 heteroatoms. The lowest BCUT2D eigenvalue weighted by atomic mass is 10.1. The number of carbonyl (C=O) groups excluding carboxylic acids is 2. The first-order valence-corrected chi connectivity index (χ1v) is 9.47. The van der Waals surface area contributed by atoms with Crippen molar-refractivity contribution in [2.75, 3.05) is 27.9 Å². The molecule has 7 nitrogen and oxygen atoms in total. The Morgan fingerprint density at radius 2 is 1.64 bits per heavy atom. The zero-order valence-corrected chi connectivity index (χ0v) is 18.0. The molecule has 0 aliphatic carbocycles. The summed E-state index contributed by atoms with van der Waals surface area (Å²) in [6.45, 7) is 8.19. The first kappa shape index (κ1) is 23.8. The minimum absolute atomic E-state index is 0.294. The summed E-state index contributed by atoms with van der Waals surface area (Å²) >= 11 is 0. The van der Waals surface area contributed by atoms with Crippen LogP contribution in [-0.4, -0.2) is 56.9 Å². The van der Waals surface area contributed by atoms with Gasteiger partial charge in [0.15, 0.2) is 23.7 Å². The second-order valence-corrected chi connectivity index (χ2v) is 7.16. The quantitative estimate of drug-likeness (QED) is 0.536. The number of benzene rings is 1. The molecule has 28 heavy (non-hydrogen) atoms. The summed E-state index contributed by atoms with van der Waals surface area (Å²) in [5.41, 5.74) is 0.873. The zero-order chi connectivity index (χ0) is 21.3. The Kier molecular flexibility index (Phi) is 9.79. The van der Waals surface area contributed by atoms with E-state index in [1.807, 2.05) is 12.1 Å². The van der Waals surface area contributed by atoms with Gasteiger partial charge in [-0.3, -0.25) is 4.79 Å². The summed E-state index contributed by atoms with van der Waals surface area (Å²) in [4.78, 5) is 26.2. The van der Waals surface area contributed by atoms with Crippen molar-refractivity contribution < 1.29 is 28.5 Å². The van der Waals surface area contributed by atoms with Crippen LogP contribution >= 0.6 is 0 Å². The molecule has 158 valence electrons. The second kappa shape index (κ2) is 11.5. The Bertz CT molecular complexity index is 646. The van der Waals surface area contributed by atoms with Gasteiger partial charge in [-0.15, -0.1) is 0 Å². The number of nitrogens with zero attached hydrogens (tertiary/aromatic N) is 1. The normalized spacial score (nSPS) is 13.0. The average Bonchev–Trinajstić information content (AvgIpc) is 2.66. The number of amides is 1. The molecule has 0 aromatic heterocycles. The minimum atomic E-state index is -0.895. The number of carbonyl (C=O) groups is 2. The summed E-state index contributed by atoms with van der Waals surface area (Å²) in [5.74, 6) is 0.872.